The second kappa shape index (κ2) is 4.75. The van der Waals surface area contributed by atoms with Gasteiger partial charge in [0.25, 0.3) is 0 Å². The van der Waals surface area contributed by atoms with Gasteiger partial charge in [0.1, 0.15) is 5.75 Å². The lowest BCUT2D eigenvalue weighted by atomic mass is 10.3. The van der Waals surface area contributed by atoms with E-state index in [1.165, 1.54) is 0 Å². The summed E-state index contributed by atoms with van der Waals surface area (Å²) in [6.45, 7) is 3.12. The number of rotatable bonds is 4. The molecule has 1 rings (SSSR count). The number of hydrogen-bond acceptors (Lipinski definition) is 3. The Labute approximate surface area is 88.5 Å². The molecule has 1 aromatic rings. The molecule has 4 nitrogen and oxygen atoms in total. The fourth-order valence-corrected chi connectivity index (χ4v) is 1.52. The summed E-state index contributed by atoms with van der Waals surface area (Å²) in [6, 6.07) is 8.65. The lowest BCUT2D eigenvalue weighted by Crippen LogP contribution is -2.21. The predicted octanol–water partition coefficient (Wildman–Crippen LogP) is 1.18. The number of para-hydroxylation sites is 1. The number of nitrogens with one attached hydrogen (secondary N) is 1. The third-order valence-electron chi connectivity index (χ3n) is 1.64. The highest BCUT2D eigenvalue weighted by Gasteiger charge is 2.12. The summed E-state index contributed by atoms with van der Waals surface area (Å²) >= 11 is 0. The van der Waals surface area contributed by atoms with Gasteiger partial charge >= 0.3 is 0 Å². The van der Waals surface area contributed by atoms with Crippen LogP contribution in [0.2, 0.25) is 0 Å². The molecule has 1 aromatic carbocycles. The second-order valence-electron chi connectivity index (χ2n) is 2.89. The average Bonchev–Trinajstić information content (AvgIpc) is 2.18. The molecule has 0 aliphatic carbocycles. The third kappa shape index (κ3) is 3.95. The second-order valence-corrected chi connectivity index (χ2v) is 4.84. The quantitative estimate of drug-likeness (QED) is 0.837. The molecular formula is C10H11NO3S. The molecule has 0 radical (unpaired) electrons. The topological polar surface area (TPSA) is 63.2 Å². The smallest absolute Gasteiger partial charge is 0.239 e. The van der Waals surface area contributed by atoms with Gasteiger partial charge in [0.2, 0.25) is 5.91 Å². The van der Waals surface area contributed by atoms with Crippen molar-refractivity contribution in [2.45, 2.75) is 0 Å². The molecule has 0 unspecified atom stereocenters. The molecule has 1 N–H and O–H groups in total. The highest BCUT2D eigenvalue weighted by atomic mass is 32.2. The van der Waals surface area contributed by atoms with E-state index in [0.717, 1.165) is 5.41 Å². The molecule has 1 amide bonds. The maximum Gasteiger partial charge on any atom is 0.239 e. The first-order chi connectivity index (χ1) is 7.03. The van der Waals surface area contributed by atoms with Gasteiger partial charge in [0, 0.05) is 11.1 Å². The van der Waals surface area contributed by atoms with Gasteiger partial charge in [0.05, 0.1) is 0 Å². The standard InChI is InChI=1S/C10H11NO3S/c1-2-15(13,14)8-10(12)11-9-6-4-3-5-7-9/h2-7H,1,8H2,(H,11,12). The van der Waals surface area contributed by atoms with Crippen LogP contribution < -0.4 is 5.32 Å². The molecule has 80 valence electrons. The van der Waals surface area contributed by atoms with Crippen molar-refractivity contribution in [3.63, 3.8) is 0 Å². The maximum atomic E-state index is 11.2. The zero-order chi connectivity index (χ0) is 11.3. The molecule has 0 aliphatic rings. The number of carbonyl (C=O) groups excluding carboxylic acids is 1. The minimum Gasteiger partial charge on any atom is -0.325 e. The zero-order valence-electron chi connectivity index (χ0n) is 8.01. The Balaban J connectivity index is 2.62. The molecule has 0 atom stereocenters. The van der Waals surface area contributed by atoms with Crippen molar-refractivity contribution in [3.05, 3.63) is 42.3 Å². The Kier molecular flexibility index (Phi) is 3.62. The number of amides is 1. The molecule has 5 heteroatoms. The molecule has 0 fully saturated rings. The Hall–Kier alpha value is -1.62. The summed E-state index contributed by atoms with van der Waals surface area (Å²) in [7, 11) is -3.49. The first kappa shape index (κ1) is 11.5. The van der Waals surface area contributed by atoms with Crippen molar-refractivity contribution in [3.8, 4) is 0 Å². The summed E-state index contributed by atoms with van der Waals surface area (Å²) in [4.78, 5) is 11.2. The van der Waals surface area contributed by atoms with E-state index in [1.54, 1.807) is 30.3 Å². The van der Waals surface area contributed by atoms with Gasteiger partial charge in [-0.15, -0.1) is 0 Å². The van der Waals surface area contributed by atoms with E-state index in [1.807, 2.05) is 0 Å². The van der Waals surface area contributed by atoms with E-state index in [4.69, 9.17) is 0 Å². The maximum absolute atomic E-state index is 11.2. The molecule has 15 heavy (non-hydrogen) atoms. The van der Waals surface area contributed by atoms with Gasteiger partial charge in [-0.3, -0.25) is 4.79 Å². The van der Waals surface area contributed by atoms with Crippen molar-refractivity contribution >= 4 is 21.4 Å². The molecular weight excluding hydrogens is 214 g/mol. The molecule has 0 spiro atoms. The minimum absolute atomic E-state index is 0.568. The average molecular weight is 225 g/mol. The summed E-state index contributed by atoms with van der Waals surface area (Å²) < 4.78 is 22.0. The summed E-state index contributed by atoms with van der Waals surface area (Å²) in [6.07, 6.45) is 0. The van der Waals surface area contributed by atoms with E-state index in [-0.39, 0.29) is 0 Å². The van der Waals surface area contributed by atoms with Crippen LogP contribution in [0.3, 0.4) is 0 Å². The number of sulfone groups is 1. The lowest BCUT2D eigenvalue weighted by molar-refractivity contribution is -0.113. The summed E-state index contributed by atoms with van der Waals surface area (Å²) in [5, 5.41) is 3.24. The van der Waals surface area contributed by atoms with Crippen LogP contribution >= 0.6 is 0 Å². The molecule has 0 aliphatic heterocycles. The Morgan fingerprint density at radius 2 is 1.93 bits per heavy atom. The van der Waals surface area contributed by atoms with Crippen molar-refractivity contribution in [1.82, 2.24) is 0 Å². The van der Waals surface area contributed by atoms with Crippen LogP contribution in [0, 0.1) is 0 Å². The van der Waals surface area contributed by atoms with E-state index in [0.29, 0.717) is 5.69 Å². The van der Waals surface area contributed by atoms with Gasteiger partial charge in [0.15, 0.2) is 9.84 Å². The van der Waals surface area contributed by atoms with E-state index >= 15 is 0 Å². The molecule has 0 saturated carbocycles. The zero-order valence-corrected chi connectivity index (χ0v) is 8.83. The summed E-state index contributed by atoms with van der Waals surface area (Å²) in [5.74, 6) is -1.15. The van der Waals surface area contributed by atoms with Crippen LogP contribution in [0.25, 0.3) is 0 Å². The minimum atomic E-state index is -3.49. The van der Waals surface area contributed by atoms with Crippen LogP contribution in [-0.2, 0) is 14.6 Å². The first-order valence-electron chi connectivity index (χ1n) is 4.23. The first-order valence-corrected chi connectivity index (χ1v) is 5.95. The predicted molar refractivity (Wildman–Crippen MR) is 59.1 cm³/mol. The lowest BCUT2D eigenvalue weighted by Gasteiger charge is -2.03. The number of benzene rings is 1. The van der Waals surface area contributed by atoms with Gasteiger partial charge in [-0.1, -0.05) is 24.8 Å². The van der Waals surface area contributed by atoms with Gasteiger partial charge < -0.3 is 5.32 Å². The number of carbonyl (C=O) groups is 1. The van der Waals surface area contributed by atoms with Crippen LogP contribution in [0.15, 0.2) is 42.3 Å². The van der Waals surface area contributed by atoms with Crippen molar-refractivity contribution in [2.75, 3.05) is 11.1 Å². The fourth-order valence-electron chi connectivity index (χ4n) is 0.960. The third-order valence-corrected chi connectivity index (χ3v) is 2.82. The normalized spacial score (nSPS) is 10.7. The Morgan fingerprint density at radius 3 is 2.47 bits per heavy atom. The van der Waals surface area contributed by atoms with Gasteiger partial charge in [-0.2, -0.15) is 0 Å². The largest absolute Gasteiger partial charge is 0.325 e. The van der Waals surface area contributed by atoms with Crippen molar-refractivity contribution in [1.29, 1.82) is 0 Å². The van der Waals surface area contributed by atoms with E-state index in [9.17, 15) is 13.2 Å². The van der Waals surface area contributed by atoms with Crippen LogP contribution in [-0.4, -0.2) is 20.1 Å². The fraction of sp³-hybridized carbons (Fsp3) is 0.100. The molecule has 0 heterocycles. The Bertz CT molecular complexity index is 451. The number of hydrogen-bond donors (Lipinski definition) is 1. The molecule has 0 saturated heterocycles. The van der Waals surface area contributed by atoms with Gasteiger partial charge in [-0.05, 0) is 12.1 Å². The van der Waals surface area contributed by atoms with Crippen molar-refractivity contribution in [2.24, 2.45) is 0 Å². The van der Waals surface area contributed by atoms with Crippen LogP contribution in [0.4, 0.5) is 5.69 Å². The van der Waals surface area contributed by atoms with Crippen molar-refractivity contribution < 1.29 is 13.2 Å². The van der Waals surface area contributed by atoms with Crippen LogP contribution in [0.5, 0.6) is 0 Å². The number of anilines is 1. The Morgan fingerprint density at radius 1 is 1.33 bits per heavy atom. The SMILES string of the molecule is C=CS(=O)(=O)CC(=O)Nc1ccccc1. The summed E-state index contributed by atoms with van der Waals surface area (Å²) in [5.41, 5.74) is 0.571. The molecule has 0 bridgehead atoms. The van der Waals surface area contributed by atoms with E-state index < -0.39 is 21.5 Å². The monoisotopic (exact) mass is 225 g/mol. The van der Waals surface area contributed by atoms with E-state index in [2.05, 4.69) is 11.9 Å². The van der Waals surface area contributed by atoms with Crippen LogP contribution in [0.1, 0.15) is 0 Å². The van der Waals surface area contributed by atoms with Gasteiger partial charge in [-0.25, -0.2) is 8.42 Å². The highest BCUT2D eigenvalue weighted by Crippen LogP contribution is 2.05. The highest BCUT2D eigenvalue weighted by molar-refractivity contribution is 7.94. The molecule has 0 aromatic heterocycles.